The Labute approximate surface area is 115 Å². The number of hydrogen-bond donors (Lipinski definition) is 1. The van der Waals surface area contributed by atoms with E-state index in [0.29, 0.717) is 12.8 Å². The van der Waals surface area contributed by atoms with Crippen molar-refractivity contribution in [1.82, 2.24) is 5.32 Å². The number of rotatable bonds is 8. The van der Waals surface area contributed by atoms with Gasteiger partial charge in [-0.3, -0.25) is 0 Å². The summed E-state index contributed by atoms with van der Waals surface area (Å²) in [6.45, 7) is 6.59. The minimum absolute atomic E-state index is 0.0294. The van der Waals surface area contributed by atoms with Gasteiger partial charge in [0.2, 0.25) is 0 Å². The summed E-state index contributed by atoms with van der Waals surface area (Å²) < 4.78 is 17.9. The molecule has 4 nitrogen and oxygen atoms in total. The van der Waals surface area contributed by atoms with Crippen LogP contribution >= 0.6 is 0 Å². The molecular weight excluding hydrogens is 249 g/mol. The van der Waals surface area contributed by atoms with Crippen LogP contribution < -0.4 is 5.32 Å². The predicted molar refractivity (Wildman–Crippen MR) is 72.8 cm³/mol. The monoisotopic (exact) mass is 275 g/mol. The van der Waals surface area contributed by atoms with Gasteiger partial charge in [-0.25, -0.2) is 9.18 Å². The summed E-state index contributed by atoms with van der Waals surface area (Å²) in [5, 5.41) is 2.51. The number of carbonyl (C=O) groups excluding carboxylic acids is 2. The molecule has 0 aromatic rings. The van der Waals surface area contributed by atoms with Crippen molar-refractivity contribution in [3.05, 3.63) is 0 Å². The van der Waals surface area contributed by atoms with Crippen LogP contribution in [0.25, 0.3) is 0 Å². The SMILES string of the molecule is CCC(C=O)CCCC(CF)NC(=O)OC(C)(C)C. The first kappa shape index (κ1) is 17.9. The number of nitrogens with one attached hydrogen (secondary N) is 1. The Balaban J connectivity index is 4.01. The van der Waals surface area contributed by atoms with Crippen LogP contribution in [0.15, 0.2) is 0 Å². The van der Waals surface area contributed by atoms with Gasteiger partial charge in [-0.2, -0.15) is 0 Å². The number of alkyl halides is 1. The van der Waals surface area contributed by atoms with Crippen LogP contribution in [0.1, 0.15) is 53.4 Å². The maximum Gasteiger partial charge on any atom is 0.407 e. The van der Waals surface area contributed by atoms with Gasteiger partial charge < -0.3 is 14.8 Å². The van der Waals surface area contributed by atoms with Gasteiger partial charge in [0, 0.05) is 5.92 Å². The molecule has 0 aliphatic carbocycles. The van der Waals surface area contributed by atoms with Crippen LogP contribution in [0, 0.1) is 5.92 Å². The number of halogens is 1. The standard InChI is InChI=1S/C14H26FNO3/c1-5-11(10-17)7-6-8-12(9-15)16-13(18)19-14(2,3)4/h10-12H,5-9H2,1-4H3,(H,16,18). The van der Waals surface area contributed by atoms with E-state index in [1.807, 2.05) is 6.92 Å². The van der Waals surface area contributed by atoms with E-state index in [-0.39, 0.29) is 5.92 Å². The largest absolute Gasteiger partial charge is 0.444 e. The van der Waals surface area contributed by atoms with Crippen LogP contribution in [0.4, 0.5) is 9.18 Å². The molecule has 0 saturated heterocycles. The molecule has 1 N–H and O–H groups in total. The lowest BCUT2D eigenvalue weighted by atomic mass is 9.99. The van der Waals surface area contributed by atoms with Crippen molar-refractivity contribution in [2.24, 2.45) is 5.92 Å². The third kappa shape index (κ3) is 9.45. The quantitative estimate of drug-likeness (QED) is 0.692. The van der Waals surface area contributed by atoms with Gasteiger partial charge in [0.1, 0.15) is 18.6 Å². The molecule has 5 heteroatoms. The second-order valence-electron chi connectivity index (χ2n) is 5.73. The molecule has 0 aromatic heterocycles. The Bertz CT molecular complexity index is 276. The fourth-order valence-electron chi connectivity index (χ4n) is 1.66. The van der Waals surface area contributed by atoms with Crippen LogP contribution in [0.5, 0.6) is 0 Å². The van der Waals surface area contributed by atoms with Gasteiger partial charge in [0.05, 0.1) is 6.04 Å². The van der Waals surface area contributed by atoms with E-state index in [4.69, 9.17) is 4.74 Å². The van der Waals surface area contributed by atoms with Crippen molar-refractivity contribution >= 4 is 12.4 Å². The zero-order valence-corrected chi connectivity index (χ0v) is 12.4. The van der Waals surface area contributed by atoms with Crippen molar-refractivity contribution in [3.63, 3.8) is 0 Å². The topological polar surface area (TPSA) is 55.4 Å². The molecule has 0 aromatic carbocycles. The second kappa shape index (κ2) is 8.88. The highest BCUT2D eigenvalue weighted by Gasteiger charge is 2.19. The average molecular weight is 275 g/mol. The molecular formula is C14H26FNO3. The normalized spacial score (nSPS) is 14.6. The van der Waals surface area contributed by atoms with Gasteiger partial charge in [-0.15, -0.1) is 0 Å². The Kier molecular flexibility index (Phi) is 8.35. The second-order valence-corrected chi connectivity index (χ2v) is 5.73. The lowest BCUT2D eigenvalue weighted by Crippen LogP contribution is -2.40. The van der Waals surface area contributed by atoms with Gasteiger partial charge >= 0.3 is 6.09 Å². The molecule has 19 heavy (non-hydrogen) atoms. The number of aldehydes is 1. The first-order valence-electron chi connectivity index (χ1n) is 6.83. The zero-order valence-electron chi connectivity index (χ0n) is 12.4. The molecule has 0 aliphatic rings. The van der Waals surface area contributed by atoms with Crippen molar-refractivity contribution in [3.8, 4) is 0 Å². The van der Waals surface area contributed by atoms with E-state index in [1.54, 1.807) is 20.8 Å². The summed E-state index contributed by atoms with van der Waals surface area (Å²) in [6, 6.07) is -0.543. The number of amides is 1. The number of carbonyl (C=O) groups is 2. The third-order valence-corrected chi connectivity index (χ3v) is 2.75. The first-order valence-corrected chi connectivity index (χ1v) is 6.83. The molecule has 2 unspecified atom stereocenters. The summed E-state index contributed by atoms with van der Waals surface area (Å²) in [5.74, 6) is 0.0294. The predicted octanol–water partition coefficient (Wildman–Crippen LogP) is 3.24. The van der Waals surface area contributed by atoms with Gasteiger partial charge in [-0.05, 0) is 40.0 Å². The fraction of sp³-hybridized carbons (Fsp3) is 0.857. The summed E-state index contributed by atoms with van der Waals surface area (Å²) in [4.78, 5) is 22.1. The van der Waals surface area contributed by atoms with E-state index in [9.17, 15) is 14.0 Å². The highest BCUT2D eigenvalue weighted by molar-refractivity contribution is 5.68. The first-order chi connectivity index (χ1) is 8.82. The Hall–Kier alpha value is -1.13. The van der Waals surface area contributed by atoms with Crippen molar-refractivity contribution in [2.45, 2.75) is 65.0 Å². The average Bonchev–Trinajstić information content (AvgIpc) is 2.30. The molecule has 0 spiro atoms. The highest BCUT2D eigenvalue weighted by Crippen LogP contribution is 2.12. The van der Waals surface area contributed by atoms with Gasteiger partial charge in [0.15, 0.2) is 0 Å². The zero-order chi connectivity index (χ0) is 14.9. The fourth-order valence-corrected chi connectivity index (χ4v) is 1.66. The third-order valence-electron chi connectivity index (χ3n) is 2.75. The van der Waals surface area contributed by atoms with Crippen molar-refractivity contribution in [2.75, 3.05) is 6.67 Å². The molecule has 0 fully saturated rings. The Morgan fingerprint density at radius 2 is 2.00 bits per heavy atom. The summed E-state index contributed by atoms with van der Waals surface area (Å²) in [6.07, 6.45) is 3.08. The Morgan fingerprint density at radius 1 is 1.37 bits per heavy atom. The van der Waals surface area contributed by atoms with E-state index in [0.717, 1.165) is 19.1 Å². The van der Waals surface area contributed by atoms with E-state index in [1.165, 1.54) is 0 Å². The van der Waals surface area contributed by atoms with Crippen LogP contribution in [-0.4, -0.2) is 30.7 Å². The minimum Gasteiger partial charge on any atom is -0.444 e. The highest BCUT2D eigenvalue weighted by atomic mass is 19.1. The molecule has 0 heterocycles. The molecule has 0 bridgehead atoms. The molecule has 0 aliphatic heterocycles. The van der Waals surface area contributed by atoms with Crippen molar-refractivity contribution < 1.29 is 18.7 Å². The van der Waals surface area contributed by atoms with E-state index < -0.39 is 24.4 Å². The van der Waals surface area contributed by atoms with Crippen LogP contribution in [0.2, 0.25) is 0 Å². The lowest BCUT2D eigenvalue weighted by molar-refractivity contribution is -0.111. The number of alkyl carbamates (subject to hydrolysis) is 1. The minimum atomic E-state index is -0.628. The van der Waals surface area contributed by atoms with E-state index in [2.05, 4.69) is 5.32 Å². The molecule has 0 rings (SSSR count). The Morgan fingerprint density at radius 3 is 2.42 bits per heavy atom. The molecule has 112 valence electrons. The number of hydrogen-bond acceptors (Lipinski definition) is 3. The van der Waals surface area contributed by atoms with E-state index >= 15 is 0 Å². The summed E-state index contributed by atoms with van der Waals surface area (Å²) in [7, 11) is 0. The maximum absolute atomic E-state index is 12.8. The molecule has 1 amide bonds. The maximum atomic E-state index is 12.8. The van der Waals surface area contributed by atoms with Crippen LogP contribution in [0.3, 0.4) is 0 Å². The summed E-state index contributed by atoms with van der Waals surface area (Å²) >= 11 is 0. The lowest BCUT2D eigenvalue weighted by Gasteiger charge is -2.22. The molecule has 0 saturated carbocycles. The van der Waals surface area contributed by atoms with Gasteiger partial charge in [-0.1, -0.05) is 13.3 Å². The molecule has 2 atom stereocenters. The summed E-state index contributed by atoms with van der Waals surface area (Å²) in [5.41, 5.74) is -0.588. The smallest absolute Gasteiger partial charge is 0.407 e. The molecule has 0 radical (unpaired) electrons. The van der Waals surface area contributed by atoms with Gasteiger partial charge in [0.25, 0.3) is 0 Å². The van der Waals surface area contributed by atoms with Crippen molar-refractivity contribution in [1.29, 1.82) is 0 Å². The number of ether oxygens (including phenoxy) is 1. The van der Waals surface area contributed by atoms with Crippen LogP contribution in [-0.2, 0) is 9.53 Å².